The first kappa shape index (κ1) is 22.7. The van der Waals surface area contributed by atoms with Gasteiger partial charge in [0.1, 0.15) is 5.58 Å². The highest BCUT2D eigenvalue weighted by Crippen LogP contribution is 2.37. The fraction of sp³-hybridized carbons (Fsp3) is 0.238. The van der Waals surface area contributed by atoms with Gasteiger partial charge in [-0.25, -0.2) is 5.43 Å². The van der Waals surface area contributed by atoms with Crippen LogP contribution in [0.1, 0.15) is 36.4 Å². The molecule has 2 aromatic carbocycles. The lowest BCUT2D eigenvalue weighted by atomic mass is 10.2. The van der Waals surface area contributed by atoms with Crippen LogP contribution in [0.2, 0.25) is 5.02 Å². The van der Waals surface area contributed by atoms with Gasteiger partial charge in [0.05, 0.1) is 28.9 Å². The average Bonchev–Trinajstić information content (AvgIpc) is 3.14. The van der Waals surface area contributed by atoms with E-state index in [1.165, 1.54) is 13.3 Å². The van der Waals surface area contributed by atoms with Gasteiger partial charge in [0.15, 0.2) is 17.3 Å². The minimum absolute atomic E-state index is 0.000301. The Balaban J connectivity index is 1.75. The summed E-state index contributed by atoms with van der Waals surface area (Å²) in [4.78, 5) is 12.4. The van der Waals surface area contributed by atoms with Crippen LogP contribution < -0.4 is 14.9 Å². The molecule has 0 spiro atoms. The van der Waals surface area contributed by atoms with Crippen molar-refractivity contribution in [2.45, 2.75) is 26.4 Å². The van der Waals surface area contributed by atoms with Crippen molar-refractivity contribution in [2.75, 3.05) is 7.11 Å². The molecule has 1 aromatic heterocycles. The number of hydrogen-bond acceptors (Lipinski definition) is 5. The zero-order valence-electron chi connectivity index (χ0n) is 16.5. The van der Waals surface area contributed by atoms with Crippen molar-refractivity contribution in [1.29, 1.82) is 0 Å². The third kappa shape index (κ3) is 5.17. The van der Waals surface area contributed by atoms with Crippen molar-refractivity contribution in [2.24, 2.45) is 5.10 Å². The number of fused-ring (bicyclic) bond motifs is 1. The number of hydrazone groups is 1. The van der Waals surface area contributed by atoms with Crippen molar-refractivity contribution in [3.8, 4) is 11.5 Å². The van der Waals surface area contributed by atoms with Crippen molar-refractivity contribution in [3.63, 3.8) is 0 Å². The molecule has 3 aromatic rings. The van der Waals surface area contributed by atoms with Crippen LogP contribution >= 0.6 is 43.5 Å². The summed E-state index contributed by atoms with van der Waals surface area (Å²) in [5, 5.41) is 5.18. The number of furan rings is 1. The first-order valence-electron chi connectivity index (χ1n) is 9.08. The highest BCUT2D eigenvalue weighted by atomic mass is 79.9. The van der Waals surface area contributed by atoms with Crippen molar-refractivity contribution < 1.29 is 18.7 Å². The summed E-state index contributed by atoms with van der Waals surface area (Å²) in [5.74, 6) is 0.645. The van der Waals surface area contributed by atoms with E-state index in [0.29, 0.717) is 27.7 Å². The van der Waals surface area contributed by atoms with Gasteiger partial charge in [0.25, 0.3) is 0 Å². The molecule has 0 bridgehead atoms. The Morgan fingerprint density at radius 1 is 1.30 bits per heavy atom. The Morgan fingerprint density at radius 2 is 2.07 bits per heavy atom. The number of nitrogens with one attached hydrogen (secondary N) is 1. The van der Waals surface area contributed by atoms with E-state index in [1.54, 1.807) is 18.2 Å². The Labute approximate surface area is 195 Å². The standard InChI is InChI=1S/C21H19Br2ClN2O4/c1-4-11(2)29-20-16(24)5-12(6-17(20)28-3)10-25-26-21(27)18-8-13-7-14(22)9-15(23)19(13)30-18/h5-11H,4H2,1-3H3,(H,26,27)/b25-10-. The van der Waals surface area contributed by atoms with Gasteiger partial charge in [0.2, 0.25) is 0 Å². The van der Waals surface area contributed by atoms with Crippen LogP contribution in [-0.2, 0) is 0 Å². The van der Waals surface area contributed by atoms with Gasteiger partial charge in [0, 0.05) is 9.86 Å². The molecule has 9 heteroatoms. The van der Waals surface area contributed by atoms with E-state index in [-0.39, 0.29) is 11.9 Å². The second-order valence-electron chi connectivity index (χ2n) is 6.49. The molecule has 30 heavy (non-hydrogen) atoms. The van der Waals surface area contributed by atoms with Crippen molar-refractivity contribution in [3.05, 3.63) is 55.6 Å². The molecule has 1 heterocycles. The summed E-state index contributed by atoms with van der Waals surface area (Å²) in [6.07, 6.45) is 2.30. The van der Waals surface area contributed by atoms with Gasteiger partial charge < -0.3 is 13.9 Å². The molecule has 1 unspecified atom stereocenters. The maximum absolute atomic E-state index is 12.4. The molecule has 0 saturated carbocycles. The summed E-state index contributed by atoms with van der Waals surface area (Å²) in [5.41, 5.74) is 3.68. The van der Waals surface area contributed by atoms with E-state index >= 15 is 0 Å². The summed E-state index contributed by atoms with van der Waals surface area (Å²) in [7, 11) is 1.54. The first-order chi connectivity index (χ1) is 14.3. The minimum Gasteiger partial charge on any atom is -0.493 e. The van der Waals surface area contributed by atoms with E-state index < -0.39 is 5.91 Å². The van der Waals surface area contributed by atoms with Gasteiger partial charge in [-0.3, -0.25) is 4.79 Å². The molecular formula is C21H19Br2ClN2O4. The summed E-state index contributed by atoms with van der Waals surface area (Å²) in [6, 6.07) is 8.78. The van der Waals surface area contributed by atoms with Gasteiger partial charge in [-0.2, -0.15) is 5.10 Å². The molecule has 0 fully saturated rings. The van der Waals surface area contributed by atoms with E-state index in [4.69, 9.17) is 25.5 Å². The van der Waals surface area contributed by atoms with E-state index in [9.17, 15) is 4.79 Å². The molecule has 0 aliphatic carbocycles. The molecule has 0 aliphatic rings. The fourth-order valence-corrected chi connectivity index (χ4v) is 4.22. The third-order valence-electron chi connectivity index (χ3n) is 4.28. The van der Waals surface area contributed by atoms with Crippen LogP contribution in [0.5, 0.6) is 11.5 Å². The minimum atomic E-state index is -0.472. The molecule has 6 nitrogen and oxygen atoms in total. The van der Waals surface area contributed by atoms with Crippen molar-refractivity contribution >= 4 is 66.6 Å². The highest BCUT2D eigenvalue weighted by Gasteiger charge is 2.15. The Hall–Kier alpha value is -2.03. The van der Waals surface area contributed by atoms with Crippen LogP contribution in [0.15, 0.2) is 48.8 Å². The van der Waals surface area contributed by atoms with Crippen LogP contribution in [-0.4, -0.2) is 25.3 Å². The highest BCUT2D eigenvalue weighted by molar-refractivity contribution is 9.11. The molecular weight excluding hydrogens is 540 g/mol. The number of benzene rings is 2. The molecule has 1 N–H and O–H groups in total. The number of amides is 1. The topological polar surface area (TPSA) is 73.1 Å². The lowest BCUT2D eigenvalue weighted by molar-refractivity contribution is 0.0929. The van der Waals surface area contributed by atoms with E-state index in [0.717, 1.165) is 20.8 Å². The number of ether oxygens (including phenoxy) is 2. The molecule has 158 valence electrons. The summed E-state index contributed by atoms with van der Waals surface area (Å²) in [6.45, 7) is 3.98. The number of methoxy groups -OCH3 is 1. The smallest absolute Gasteiger partial charge is 0.307 e. The summed E-state index contributed by atoms with van der Waals surface area (Å²) >= 11 is 13.2. The molecule has 0 radical (unpaired) electrons. The Bertz CT molecular complexity index is 1110. The molecule has 3 rings (SSSR count). The maximum Gasteiger partial charge on any atom is 0.307 e. The van der Waals surface area contributed by atoms with Gasteiger partial charge in [-0.15, -0.1) is 0 Å². The van der Waals surface area contributed by atoms with Crippen LogP contribution in [0.4, 0.5) is 0 Å². The Kier molecular flexibility index (Phi) is 7.44. The van der Waals surface area contributed by atoms with Crippen LogP contribution in [0.25, 0.3) is 11.0 Å². The Morgan fingerprint density at radius 3 is 2.77 bits per heavy atom. The van der Waals surface area contributed by atoms with Crippen LogP contribution in [0.3, 0.4) is 0 Å². The lowest BCUT2D eigenvalue weighted by Crippen LogP contribution is -2.16. The lowest BCUT2D eigenvalue weighted by Gasteiger charge is -2.17. The molecule has 1 atom stereocenters. The zero-order valence-corrected chi connectivity index (χ0v) is 20.4. The monoisotopic (exact) mass is 556 g/mol. The second-order valence-corrected chi connectivity index (χ2v) is 8.66. The normalized spacial score (nSPS) is 12.3. The van der Waals surface area contributed by atoms with E-state index in [2.05, 4.69) is 42.4 Å². The molecule has 1 amide bonds. The number of rotatable bonds is 7. The number of hydrogen-bond donors (Lipinski definition) is 1. The third-order valence-corrected chi connectivity index (χ3v) is 5.61. The second kappa shape index (κ2) is 9.85. The quantitative estimate of drug-likeness (QED) is 0.263. The van der Waals surface area contributed by atoms with Gasteiger partial charge >= 0.3 is 5.91 Å². The zero-order chi connectivity index (χ0) is 21.8. The maximum atomic E-state index is 12.4. The molecule has 0 aliphatic heterocycles. The SMILES string of the molecule is CCC(C)Oc1c(Cl)cc(/C=N\NC(=O)c2cc3cc(Br)cc(Br)c3o2)cc1OC. The first-order valence-corrected chi connectivity index (χ1v) is 11.0. The number of carbonyl (C=O) groups is 1. The fourth-order valence-electron chi connectivity index (χ4n) is 2.62. The number of nitrogens with zero attached hydrogens (tertiary/aromatic N) is 1. The number of halogens is 3. The van der Waals surface area contributed by atoms with Gasteiger partial charge in [-0.05, 0) is 65.2 Å². The van der Waals surface area contributed by atoms with E-state index in [1.807, 2.05) is 26.0 Å². The predicted molar refractivity (Wildman–Crippen MR) is 125 cm³/mol. The number of carbonyl (C=O) groups excluding carboxylic acids is 1. The van der Waals surface area contributed by atoms with Crippen molar-refractivity contribution in [1.82, 2.24) is 5.43 Å². The van der Waals surface area contributed by atoms with Crippen LogP contribution in [0, 0.1) is 0 Å². The largest absolute Gasteiger partial charge is 0.493 e. The predicted octanol–water partition coefficient (Wildman–Crippen LogP) is 6.56. The molecule has 0 saturated heterocycles. The average molecular weight is 559 g/mol. The summed E-state index contributed by atoms with van der Waals surface area (Å²) < 4.78 is 18.5. The van der Waals surface area contributed by atoms with Gasteiger partial charge in [-0.1, -0.05) is 34.5 Å².